The van der Waals surface area contributed by atoms with Gasteiger partial charge in [-0.1, -0.05) is 0 Å². The molecule has 0 atom stereocenters. The Morgan fingerprint density at radius 1 is 1.19 bits per heavy atom. The van der Waals surface area contributed by atoms with Gasteiger partial charge in [-0.2, -0.15) is 0 Å². The fourth-order valence-corrected chi connectivity index (χ4v) is 2.46. The Balaban J connectivity index is 2.01. The number of nitrogens with zero attached hydrogens (tertiary/aromatic N) is 2. The van der Waals surface area contributed by atoms with Crippen molar-refractivity contribution < 1.29 is 4.74 Å². The van der Waals surface area contributed by atoms with Gasteiger partial charge in [0, 0.05) is 24.1 Å². The SMILES string of the molecule is CCOc1ccc(-c2nc(C3CC3)nc(NC)c2C)cc1. The van der Waals surface area contributed by atoms with Gasteiger partial charge in [0.05, 0.1) is 12.3 Å². The molecule has 2 aromatic rings. The van der Waals surface area contributed by atoms with E-state index in [-0.39, 0.29) is 0 Å². The molecule has 4 nitrogen and oxygen atoms in total. The first-order valence-corrected chi connectivity index (χ1v) is 7.52. The van der Waals surface area contributed by atoms with Gasteiger partial charge in [-0.05, 0) is 51.0 Å². The lowest BCUT2D eigenvalue weighted by Gasteiger charge is -2.12. The molecule has 1 saturated carbocycles. The van der Waals surface area contributed by atoms with Crippen LogP contribution in [0.5, 0.6) is 5.75 Å². The maximum atomic E-state index is 5.50. The van der Waals surface area contributed by atoms with Gasteiger partial charge in [-0.15, -0.1) is 0 Å². The number of ether oxygens (including phenoxy) is 1. The lowest BCUT2D eigenvalue weighted by Crippen LogP contribution is -2.04. The van der Waals surface area contributed by atoms with Crippen molar-refractivity contribution in [2.24, 2.45) is 0 Å². The van der Waals surface area contributed by atoms with Crippen molar-refractivity contribution in [3.05, 3.63) is 35.7 Å². The Hall–Kier alpha value is -2.10. The monoisotopic (exact) mass is 283 g/mol. The van der Waals surface area contributed by atoms with Crippen molar-refractivity contribution in [1.82, 2.24) is 9.97 Å². The zero-order valence-electron chi connectivity index (χ0n) is 12.8. The molecule has 4 heteroatoms. The average molecular weight is 283 g/mol. The molecule has 0 saturated heterocycles. The van der Waals surface area contributed by atoms with Crippen LogP contribution in [0.4, 0.5) is 5.82 Å². The second-order valence-electron chi connectivity index (χ2n) is 5.39. The molecule has 1 N–H and O–H groups in total. The Labute approximate surface area is 125 Å². The summed E-state index contributed by atoms with van der Waals surface area (Å²) in [4.78, 5) is 9.44. The molecule has 0 unspecified atom stereocenters. The van der Waals surface area contributed by atoms with Gasteiger partial charge < -0.3 is 10.1 Å². The number of nitrogens with one attached hydrogen (secondary N) is 1. The van der Waals surface area contributed by atoms with Crippen LogP contribution in [0.25, 0.3) is 11.3 Å². The molecule has 3 rings (SSSR count). The molecule has 21 heavy (non-hydrogen) atoms. The van der Waals surface area contributed by atoms with Gasteiger partial charge in [0.25, 0.3) is 0 Å². The molecule has 1 aromatic heterocycles. The largest absolute Gasteiger partial charge is 0.494 e. The van der Waals surface area contributed by atoms with E-state index >= 15 is 0 Å². The molecule has 1 aliphatic carbocycles. The summed E-state index contributed by atoms with van der Waals surface area (Å²) in [5.41, 5.74) is 3.21. The van der Waals surface area contributed by atoms with Crippen molar-refractivity contribution >= 4 is 5.82 Å². The van der Waals surface area contributed by atoms with E-state index in [2.05, 4.69) is 29.4 Å². The minimum atomic E-state index is 0.541. The number of hydrogen-bond acceptors (Lipinski definition) is 4. The van der Waals surface area contributed by atoms with Crippen LogP contribution in [0.2, 0.25) is 0 Å². The van der Waals surface area contributed by atoms with Crippen molar-refractivity contribution in [2.45, 2.75) is 32.6 Å². The first kappa shape index (κ1) is 13.9. The lowest BCUT2D eigenvalue weighted by atomic mass is 10.1. The van der Waals surface area contributed by atoms with Crippen LogP contribution < -0.4 is 10.1 Å². The third-order valence-electron chi connectivity index (χ3n) is 3.78. The maximum Gasteiger partial charge on any atom is 0.134 e. The highest BCUT2D eigenvalue weighted by molar-refractivity contribution is 5.68. The number of anilines is 1. The highest BCUT2D eigenvalue weighted by atomic mass is 16.5. The van der Waals surface area contributed by atoms with Gasteiger partial charge >= 0.3 is 0 Å². The minimum absolute atomic E-state index is 0.541. The average Bonchev–Trinajstić information content (AvgIpc) is 3.34. The maximum absolute atomic E-state index is 5.50. The smallest absolute Gasteiger partial charge is 0.134 e. The first-order valence-electron chi connectivity index (χ1n) is 7.52. The summed E-state index contributed by atoms with van der Waals surface area (Å²) >= 11 is 0. The van der Waals surface area contributed by atoms with Crippen molar-refractivity contribution in [3.8, 4) is 17.0 Å². The number of benzene rings is 1. The second-order valence-corrected chi connectivity index (χ2v) is 5.39. The summed E-state index contributed by atoms with van der Waals surface area (Å²) in [6.45, 7) is 4.74. The van der Waals surface area contributed by atoms with E-state index < -0.39 is 0 Å². The predicted octanol–water partition coefficient (Wildman–Crippen LogP) is 3.77. The summed E-state index contributed by atoms with van der Waals surface area (Å²) in [5, 5.41) is 3.18. The summed E-state index contributed by atoms with van der Waals surface area (Å²) < 4.78 is 5.50. The molecule has 0 bridgehead atoms. The van der Waals surface area contributed by atoms with Gasteiger partial charge in [0.2, 0.25) is 0 Å². The van der Waals surface area contributed by atoms with Gasteiger partial charge in [0.15, 0.2) is 0 Å². The van der Waals surface area contributed by atoms with E-state index in [9.17, 15) is 0 Å². The zero-order chi connectivity index (χ0) is 14.8. The van der Waals surface area contributed by atoms with Gasteiger partial charge in [-0.3, -0.25) is 0 Å². The van der Waals surface area contributed by atoms with E-state index in [1.807, 2.05) is 26.1 Å². The van der Waals surface area contributed by atoms with E-state index in [1.54, 1.807) is 0 Å². The fraction of sp³-hybridized carbons (Fsp3) is 0.412. The van der Waals surface area contributed by atoms with Gasteiger partial charge in [-0.25, -0.2) is 9.97 Å². The Morgan fingerprint density at radius 3 is 2.48 bits per heavy atom. The summed E-state index contributed by atoms with van der Waals surface area (Å²) in [6, 6.07) is 8.12. The van der Waals surface area contributed by atoms with E-state index in [0.717, 1.165) is 34.2 Å². The Bertz CT molecular complexity index is 633. The van der Waals surface area contributed by atoms with Crippen LogP contribution in [0, 0.1) is 6.92 Å². The van der Waals surface area contributed by atoms with Crippen molar-refractivity contribution in [2.75, 3.05) is 19.0 Å². The second kappa shape index (κ2) is 5.72. The lowest BCUT2D eigenvalue weighted by molar-refractivity contribution is 0.340. The Morgan fingerprint density at radius 2 is 1.90 bits per heavy atom. The number of hydrogen-bond donors (Lipinski definition) is 1. The molecular weight excluding hydrogens is 262 g/mol. The van der Waals surface area contributed by atoms with E-state index in [0.29, 0.717) is 12.5 Å². The standard InChI is InChI=1S/C17H21N3O/c1-4-21-14-9-7-12(8-10-14)15-11(2)16(18-3)20-17(19-15)13-5-6-13/h7-10,13H,4-6H2,1-3H3,(H,18,19,20). The fourth-order valence-electron chi connectivity index (χ4n) is 2.46. The van der Waals surface area contributed by atoms with Crippen molar-refractivity contribution in [1.29, 1.82) is 0 Å². The number of aromatic nitrogens is 2. The molecule has 0 aliphatic heterocycles. The quantitative estimate of drug-likeness (QED) is 0.907. The molecule has 1 heterocycles. The first-order chi connectivity index (χ1) is 10.2. The zero-order valence-corrected chi connectivity index (χ0v) is 12.8. The molecular formula is C17H21N3O. The molecule has 0 amide bonds. The molecule has 110 valence electrons. The molecule has 1 aromatic carbocycles. The van der Waals surface area contributed by atoms with Crippen molar-refractivity contribution in [3.63, 3.8) is 0 Å². The van der Waals surface area contributed by atoms with E-state index in [1.165, 1.54) is 12.8 Å². The minimum Gasteiger partial charge on any atom is -0.494 e. The molecule has 0 spiro atoms. The predicted molar refractivity (Wildman–Crippen MR) is 84.9 cm³/mol. The topological polar surface area (TPSA) is 47.0 Å². The van der Waals surface area contributed by atoms with E-state index in [4.69, 9.17) is 9.72 Å². The summed E-state index contributed by atoms with van der Waals surface area (Å²) in [6.07, 6.45) is 2.41. The third kappa shape index (κ3) is 2.84. The van der Waals surface area contributed by atoms with Crippen LogP contribution in [-0.4, -0.2) is 23.6 Å². The Kier molecular flexibility index (Phi) is 3.78. The molecule has 1 fully saturated rings. The van der Waals surface area contributed by atoms with Crippen LogP contribution in [0.15, 0.2) is 24.3 Å². The highest BCUT2D eigenvalue weighted by Crippen LogP contribution is 2.40. The number of rotatable bonds is 5. The summed E-state index contributed by atoms with van der Waals surface area (Å²) in [5.74, 6) is 3.33. The normalized spacial score (nSPS) is 14.0. The molecule has 0 radical (unpaired) electrons. The van der Waals surface area contributed by atoms with Gasteiger partial charge in [0.1, 0.15) is 17.4 Å². The van der Waals surface area contributed by atoms with Crippen LogP contribution >= 0.6 is 0 Å². The van der Waals surface area contributed by atoms with Crippen LogP contribution in [0.1, 0.15) is 37.1 Å². The third-order valence-corrected chi connectivity index (χ3v) is 3.78. The highest BCUT2D eigenvalue weighted by Gasteiger charge is 2.28. The molecule has 1 aliphatic rings. The van der Waals surface area contributed by atoms with Crippen LogP contribution in [0.3, 0.4) is 0 Å². The summed E-state index contributed by atoms with van der Waals surface area (Å²) in [7, 11) is 1.91. The van der Waals surface area contributed by atoms with Crippen LogP contribution in [-0.2, 0) is 0 Å².